The molecule has 0 aromatic carbocycles. The van der Waals surface area contributed by atoms with Gasteiger partial charge in [0.25, 0.3) is 0 Å². The highest BCUT2D eigenvalue weighted by Gasteiger charge is 2.55. The van der Waals surface area contributed by atoms with Gasteiger partial charge in [-0.15, -0.1) is 5.10 Å². The molecular weight excluding hydrogens is 813 g/mol. The number of methoxy groups -OCH3 is 1. The fourth-order valence-corrected chi connectivity index (χ4v) is 10.7. The number of aromatic nitrogens is 4. The van der Waals surface area contributed by atoms with E-state index in [9.17, 15) is 30.3 Å². The van der Waals surface area contributed by atoms with Crippen LogP contribution in [0.25, 0.3) is 5.69 Å². The number of pyridine rings is 1. The van der Waals surface area contributed by atoms with Crippen LogP contribution in [0.1, 0.15) is 101 Å². The molecule has 3 saturated heterocycles. The number of carbonyl (C=O) groups excluding carboxylic acids is 1. The molecule has 358 valence electrons. The summed E-state index contributed by atoms with van der Waals surface area (Å²) in [6.07, 6.45) is -1.33. The number of cyclic esters (lactones) is 1. The summed E-state index contributed by atoms with van der Waals surface area (Å²) < 4.78 is 33.8. The summed E-state index contributed by atoms with van der Waals surface area (Å²) in [7, 11) is 5.33. The van der Waals surface area contributed by atoms with Gasteiger partial charge in [-0.1, -0.05) is 32.9 Å². The monoisotopic (exact) mass is 891 g/mol. The second-order valence-corrected chi connectivity index (χ2v) is 19.9. The number of aliphatic hydroxyl groups excluding tert-OH is 3. The van der Waals surface area contributed by atoms with Crippen molar-refractivity contribution in [2.75, 3.05) is 34.3 Å². The van der Waals surface area contributed by atoms with E-state index in [0.29, 0.717) is 25.9 Å². The molecule has 0 bridgehead atoms. The zero-order valence-electron chi connectivity index (χ0n) is 39.9. The molecule has 0 aliphatic carbocycles. The fraction of sp³-hybridized carbons (Fsp3) is 0.826. The van der Waals surface area contributed by atoms with Crippen LogP contribution in [0.15, 0.2) is 30.7 Å². The first kappa shape index (κ1) is 51.3. The Morgan fingerprint density at radius 2 is 1.65 bits per heavy atom. The summed E-state index contributed by atoms with van der Waals surface area (Å²) in [5.74, 6) is -3.08. The Morgan fingerprint density at radius 1 is 0.984 bits per heavy atom. The largest absolute Gasteiger partial charge is 0.459 e. The maximum Gasteiger partial charge on any atom is 0.309 e. The second kappa shape index (κ2) is 20.9. The van der Waals surface area contributed by atoms with Gasteiger partial charge in [-0.25, -0.2) is 4.68 Å². The van der Waals surface area contributed by atoms with E-state index in [1.54, 1.807) is 44.8 Å². The lowest BCUT2D eigenvalue weighted by Gasteiger charge is -2.51. The SMILES string of the molecule is CC[C@H]1OC(=O)[C@H](C)[C@@H](C2C[C@@](C)(OC)[C@@H](O)[C@H](C)O2)[C@H](C)[C@@H](O[C@@H]2O[C@H](C)C[C@H](N(C)CCc3cn(-c4ccncc4)nn3)[C@H]2O)[C@](C)(O)C[C@@H](C)CN(C)[C@H](C)[C@@H](O)[C@]1(C)O. The topological polar surface area (TPSA) is 214 Å². The standard InChI is InChI=1S/C46H78N6O11/c1-14-36-46(10,58)39(54)30(6)51(12)24-26(2)22-44(8,57)41(28(4)37(29(5)42(56)62-36)35-23-45(9,59-13)40(55)31(7)61-35)63-43-38(53)34(21-27(3)60-43)50(11)20-17-32-25-52(49-48-32)33-15-18-47-19-16-33/h15-16,18-19,25-31,34-41,43,53-55,57-58H,14,17,20-24H2,1-13H3/t26-,27-,28+,29-,30-,31+,34+,35?,36-,37+,38-,39-,40+,41-,43+,44-,45-,46-/m1/s1. The van der Waals surface area contributed by atoms with Gasteiger partial charge in [0.05, 0.1) is 59.1 Å². The van der Waals surface area contributed by atoms with Crippen LogP contribution in [-0.2, 0) is 34.9 Å². The minimum Gasteiger partial charge on any atom is -0.459 e. The molecule has 3 fully saturated rings. The smallest absolute Gasteiger partial charge is 0.309 e. The summed E-state index contributed by atoms with van der Waals surface area (Å²) >= 11 is 0. The average Bonchev–Trinajstić information content (AvgIpc) is 3.72. The Kier molecular flexibility index (Phi) is 17.0. The Morgan fingerprint density at radius 3 is 2.29 bits per heavy atom. The summed E-state index contributed by atoms with van der Waals surface area (Å²) in [6, 6.07) is 2.77. The molecule has 0 spiro atoms. The molecular formula is C46H78N6O11. The number of rotatable bonds is 10. The number of esters is 1. The predicted molar refractivity (Wildman–Crippen MR) is 235 cm³/mol. The van der Waals surface area contributed by atoms with Crippen molar-refractivity contribution in [1.29, 1.82) is 0 Å². The van der Waals surface area contributed by atoms with Crippen molar-refractivity contribution < 1.29 is 54.0 Å². The molecule has 5 rings (SSSR count). The predicted octanol–water partition coefficient (Wildman–Crippen LogP) is 2.76. The lowest BCUT2D eigenvalue weighted by molar-refractivity contribution is -0.302. The third kappa shape index (κ3) is 11.5. The lowest BCUT2D eigenvalue weighted by atomic mass is 9.68. The zero-order valence-corrected chi connectivity index (χ0v) is 39.9. The second-order valence-electron chi connectivity index (χ2n) is 19.9. The van der Waals surface area contributed by atoms with Gasteiger partial charge in [0.15, 0.2) is 6.29 Å². The Bertz CT molecular complexity index is 1750. The maximum atomic E-state index is 14.6. The van der Waals surface area contributed by atoms with E-state index in [1.165, 1.54) is 14.0 Å². The molecule has 3 aliphatic heterocycles. The highest BCUT2D eigenvalue weighted by Crippen LogP contribution is 2.45. The first-order chi connectivity index (χ1) is 29.4. The van der Waals surface area contributed by atoms with E-state index in [4.69, 9.17) is 23.7 Å². The van der Waals surface area contributed by atoms with Crippen LogP contribution < -0.4 is 0 Å². The quantitative estimate of drug-likeness (QED) is 0.217. The summed E-state index contributed by atoms with van der Waals surface area (Å²) in [5.41, 5.74) is -2.78. The third-order valence-electron chi connectivity index (χ3n) is 14.7. The Balaban J connectivity index is 1.51. The van der Waals surface area contributed by atoms with Gasteiger partial charge in [-0.05, 0) is 98.9 Å². The third-order valence-corrected chi connectivity index (χ3v) is 14.7. The number of aliphatic hydroxyl groups is 5. The van der Waals surface area contributed by atoms with Crippen LogP contribution in [0.5, 0.6) is 0 Å². The molecule has 0 amide bonds. The van der Waals surface area contributed by atoms with E-state index in [-0.39, 0.29) is 37.3 Å². The zero-order chi connectivity index (χ0) is 46.8. The van der Waals surface area contributed by atoms with Crippen molar-refractivity contribution in [1.82, 2.24) is 29.8 Å². The van der Waals surface area contributed by atoms with Crippen LogP contribution in [0.4, 0.5) is 0 Å². The maximum absolute atomic E-state index is 14.6. The Hall–Kier alpha value is -2.68. The minimum absolute atomic E-state index is 0.159. The van der Waals surface area contributed by atoms with E-state index in [0.717, 1.165) is 11.4 Å². The van der Waals surface area contributed by atoms with Gasteiger partial charge in [-0.2, -0.15) is 0 Å². The van der Waals surface area contributed by atoms with Crippen molar-refractivity contribution in [3.63, 3.8) is 0 Å². The normalized spacial score (nSPS) is 43.0. The van der Waals surface area contributed by atoms with Gasteiger partial charge < -0.3 is 59.0 Å². The van der Waals surface area contributed by atoms with Gasteiger partial charge in [0, 0.05) is 63.4 Å². The van der Waals surface area contributed by atoms with Crippen molar-refractivity contribution in [3.8, 4) is 5.69 Å². The van der Waals surface area contributed by atoms with Gasteiger partial charge in [0.2, 0.25) is 0 Å². The highest BCUT2D eigenvalue weighted by molar-refractivity contribution is 5.73. The van der Waals surface area contributed by atoms with E-state index < -0.39 is 95.6 Å². The number of nitrogens with zero attached hydrogens (tertiary/aromatic N) is 6. The Labute approximate surface area is 374 Å². The molecule has 18 atom stereocenters. The molecule has 2 aromatic heterocycles. The van der Waals surface area contributed by atoms with Gasteiger partial charge >= 0.3 is 5.97 Å². The van der Waals surface area contributed by atoms with Crippen LogP contribution >= 0.6 is 0 Å². The van der Waals surface area contributed by atoms with Crippen molar-refractivity contribution in [3.05, 3.63) is 36.4 Å². The average molecular weight is 891 g/mol. The van der Waals surface area contributed by atoms with E-state index in [2.05, 4.69) is 20.2 Å². The van der Waals surface area contributed by atoms with E-state index >= 15 is 0 Å². The molecule has 5 heterocycles. The molecule has 0 radical (unpaired) electrons. The molecule has 3 aliphatic rings. The van der Waals surface area contributed by atoms with Gasteiger partial charge in [-0.3, -0.25) is 9.78 Å². The molecule has 0 saturated carbocycles. The molecule has 5 N–H and O–H groups in total. The number of hydrogen-bond acceptors (Lipinski definition) is 16. The number of likely N-dealkylation sites (N-methyl/N-ethyl adjacent to an activating group) is 2. The minimum atomic E-state index is -1.80. The van der Waals surface area contributed by atoms with Crippen LogP contribution in [-0.4, -0.2) is 180 Å². The van der Waals surface area contributed by atoms with E-state index in [1.807, 2.05) is 71.9 Å². The summed E-state index contributed by atoms with van der Waals surface area (Å²) in [6.45, 7) is 19.0. The molecule has 17 nitrogen and oxygen atoms in total. The first-order valence-corrected chi connectivity index (χ1v) is 22.9. The van der Waals surface area contributed by atoms with Gasteiger partial charge in [0.1, 0.15) is 30.0 Å². The summed E-state index contributed by atoms with van der Waals surface area (Å²) in [4.78, 5) is 22.6. The molecule has 1 unspecified atom stereocenters. The molecule has 2 aromatic rings. The number of ether oxygens (including phenoxy) is 5. The highest BCUT2D eigenvalue weighted by atomic mass is 16.7. The molecule has 63 heavy (non-hydrogen) atoms. The van der Waals surface area contributed by atoms with Crippen molar-refractivity contribution in [2.24, 2.45) is 23.7 Å². The lowest BCUT2D eigenvalue weighted by Crippen LogP contribution is -2.62. The van der Waals surface area contributed by atoms with Crippen molar-refractivity contribution >= 4 is 5.97 Å². The first-order valence-electron chi connectivity index (χ1n) is 22.9. The number of hydrogen-bond donors (Lipinski definition) is 5. The van der Waals surface area contributed by atoms with Crippen LogP contribution in [0.3, 0.4) is 0 Å². The van der Waals surface area contributed by atoms with Crippen LogP contribution in [0.2, 0.25) is 0 Å². The molecule has 17 heteroatoms. The fourth-order valence-electron chi connectivity index (χ4n) is 10.7. The van der Waals surface area contributed by atoms with Crippen molar-refractivity contribution in [2.45, 2.75) is 185 Å². The number of carbonyl (C=O) groups is 1. The van der Waals surface area contributed by atoms with Crippen LogP contribution in [0, 0.1) is 23.7 Å². The summed E-state index contributed by atoms with van der Waals surface area (Å²) in [5, 5.41) is 68.4.